The van der Waals surface area contributed by atoms with Crippen LogP contribution >= 0.6 is 0 Å². The van der Waals surface area contributed by atoms with Gasteiger partial charge < -0.3 is 19.7 Å². The molecule has 1 aromatic heterocycles. The highest BCUT2D eigenvalue weighted by Crippen LogP contribution is 2.27. The Balaban J connectivity index is 1.27. The number of hydrogen-bond acceptors (Lipinski definition) is 7. The Labute approximate surface area is 164 Å². The third kappa shape index (κ3) is 4.33. The summed E-state index contributed by atoms with van der Waals surface area (Å²) in [7, 11) is 1.57. The number of carbonyl (C=O) groups excluding carboxylic acids is 1. The lowest BCUT2D eigenvalue weighted by Crippen LogP contribution is -2.46. The quantitative estimate of drug-likeness (QED) is 0.792. The van der Waals surface area contributed by atoms with Gasteiger partial charge in [-0.25, -0.2) is 9.97 Å². The topological polar surface area (TPSA) is 79.8 Å². The Morgan fingerprint density at radius 2 is 2.00 bits per heavy atom. The van der Waals surface area contributed by atoms with Crippen LogP contribution in [0.4, 0.5) is 5.95 Å². The third-order valence-electron chi connectivity index (χ3n) is 5.09. The minimum absolute atomic E-state index is 0.0361. The highest BCUT2D eigenvalue weighted by molar-refractivity contribution is 5.77. The van der Waals surface area contributed by atoms with Crippen molar-refractivity contribution >= 4 is 11.9 Å². The normalized spacial score (nSPS) is 16.4. The molecule has 1 aromatic carbocycles. The molecule has 0 atom stereocenters. The van der Waals surface area contributed by atoms with Gasteiger partial charge in [-0.3, -0.25) is 9.69 Å². The second-order valence-corrected chi connectivity index (χ2v) is 6.98. The first-order valence-electron chi connectivity index (χ1n) is 9.58. The molecular weight excluding hydrogens is 358 g/mol. The summed E-state index contributed by atoms with van der Waals surface area (Å²) in [5.74, 6) is 2.04. The van der Waals surface area contributed by atoms with Crippen molar-refractivity contribution in [3.63, 3.8) is 0 Å². The number of nitrogens with one attached hydrogen (secondary N) is 1. The maximum Gasteiger partial charge on any atom is 0.257 e. The summed E-state index contributed by atoms with van der Waals surface area (Å²) in [6, 6.07) is 6.57. The Kier molecular flexibility index (Phi) is 5.57. The minimum atomic E-state index is -0.185. The van der Waals surface area contributed by atoms with Crippen molar-refractivity contribution in [2.45, 2.75) is 13.0 Å². The van der Waals surface area contributed by atoms with Gasteiger partial charge in [0.25, 0.3) is 5.91 Å². The number of piperazine rings is 1. The van der Waals surface area contributed by atoms with E-state index in [1.807, 2.05) is 0 Å². The zero-order valence-electron chi connectivity index (χ0n) is 16.1. The second-order valence-electron chi connectivity index (χ2n) is 6.98. The van der Waals surface area contributed by atoms with Crippen LogP contribution in [0.1, 0.15) is 11.1 Å². The molecule has 8 nitrogen and oxygen atoms in total. The van der Waals surface area contributed by atoms with Gasteiger partial charge in [0.15, 0.2) is 12.4 Å². The van der Waals surface area contributed by atoms with Crippen LogP contribution in [0.5, 0.6) is 11.5 Å². The molecule has 1 amide bonds. The molecule has 0 aliphatic carbocycles. The number of aromatic nitrogens is 2. The standard InChI is InChI=1S/C20H25N5O3/c1-21-19(26)14-28-17-11-22-20(23-12-17)25-7-5-24(6-8-25)13-15-2-3-16-4-9-27-18(16)10-15/h2-3,10-12H,4-9,13-14H2,1H3,(H,21,26). The molecule has 8 heteroatoms. The maximum atomic E-state index is 11.2. The van der Waals surface area contributed by atoms with Crippen molar-refractivity contribution in [1.82, 2.24) is 20.2 Å². The number of benzene rings is 1. The molecule has 0 bridgehead atoms. The zero-order valence-corrected chi connectivity index (χ0v) is 16.1. The molecular formula is C20H25N5O3. The van der Waals surface area contributed by atoms with Gasteiger partial charge in [0.2, 0.25) is 5.95 Å². The number of amides is 1. The SMILES string of the molecule is CNC(=O)COc1cnc(N2CCN(Cc3ccc4c(c3)OCC4)CC2)nc1. The summed E-state index contributed by atoms with van der Waals surface area (Å²) in [6.45, 7) is 5.35. The van der Waals surface area contributed by atoms with E-state index < -0.39 is 0 Å². The van der Waals surface area contributed by atoms with Gasteiger partial charge in [-0.1, -0.05) is 12.1 Å². The molecule has 4 rings (SSSR count). The lowest BCUT2D eigenvalue weighted by molar-refractivity contribution is -0.122. The number of ether oxygens (including phenoxy) is 2. The number of hydrogen-bond donors (Lipinski definition) is 1. The van der Waals surface area contributed by atoms with E-state index in [1.54, 1.807) is 19.4 Å². The maximum absolute atomic E-state index is 11.2. The Bertz CT molecular complexity index is 819. The molecule has 2 aliphatic heterocycles. The molecule has 0 unspecified atom stereocenters. The Morgan fingerprint density at radius 3 is 2.75 bits per heavy atom. The summed E-state index contributed by atoms with van der Waals surface area (Å²) in [4.78, 5) is 24.6. The molecule has 148 valence electrons. The van der Waals surface area contributed by atoms with Gasteiger partial charge in [0, 0.05) is 46.2 Å². The number of carbonyl (C=O) groups is 1. The number of nitrogens with zero attached hydrogens (tertiary/aromatic N) is 4. The summed E-state index contributed by atoms with van der Waals surface area (Å²) in [5.41, 5.74) is 2.61. The van der Waals surface area contributed by atoms with Crippen LogP contribution < -0.4 is 19.7 Å². The molecule has 2 aromatic rings. The monoisotopic (exact) mass is 383 g/mol. The van der Waals surface area contributed by atoms with E-state index >= 15 is 0 Å². The Hall–Kier alpha value is -2.87. The van der Waals surface area contributed by atoms with Crippen LogP contribution in [0, 0.1) is 0 Å². The van der Waals surface area contributed by atoms with Crippen LogP contribution in [-0.2, 0) is 17.8 Å². The average Bonchev–Trinajstić information content (AvgIpc) is 3.21. The lowest BCUT2D eigenvalue weighted by Gasteiger charge is -2.34. The van der Waals surface area contributed by atoms with Crippen LogP contribution in [-0.4, -0.2) is 67.2 Å². The van der Waals surface area contributed by atoms with E-state index in [0.29, 0.717) is 11.7 Å². The highest BCUT2D eigenvalue weighted by atomic mass is 16.5. The first-order valence-corrected chi connectivity index (χ1v) is 9.58. The van der Waals surface area contributed by atoms with Gasteiger partial charge in [-0.05, 0) is 17.2 Å². The van der Waals surface area contributed by atoms with E-state index in [0.717, 1.165) is 51.5 Å². The average molecular weight is 383 g/mol. The number of likely N-dealkylation sites (N-methyl/N-ethyl adjacent to an activating group) is 1. The van der Waals surface area contributed by atoms with Crippen molar-refractivity contribution in [2.75, 3.05) is 51.3 Å². The van der Waals surface area contributed by atoms with E-state index in [1.165, 1.54) is 11.1 Å². The molecule has 1 N–H and O–H groups in total. The molecule has 0 saturated carbocycles. The molecule has 0 spiro atoms. The number of rotatable bonds is 6. The van der Waals surface area contributed by atoms with E-state index in [2.05, 4.69) is 43.3 Å². The number of fused-ring (bicyclic) bond motifs is 1. The Morgan fingerprint density at radius 1 is 1.21 bits per heavy atom. The lowest BCUT2D eigenvalue weighted by atomic mass is 10.1. The molecule has 0 radical (unpaired) electrons. The summed E-state index contributed by atoms with van der Waals surface area (Å²) >= 11 is 0. The van der Waals surface area contributed by atoms with Gasteiger partial charge in [-0.2, -0.15) is 0 Å². The summed E-state index contributed by atoms with van der Waals surface area (Å²) in [5, 5.41) is 2.51. The van der Waals surface area contributed by atoms with Crippen LogP contribution in [0.3, 0.4) is 0 Å². The summed E-state index contributed by atoms with van der Waals surface area (Å²) < 4.78 is 11.0. The van der Waals surface area contributed by atoms with Crippen molar-refractivity contribution in [2.24, 2.45) is 0 Å². The third-order valence-corrected chi connectivity index (χ3v) is 5.09. The van der Waals surface area contributed by atoms with Crippen molar-refractivity contribution in [3.8, 4) is 11.5 Å². The fourth-order valence-corrected chi connectivity index (χ4v) is 3.44. The second kappa shape index (κ2) is 8.43. The fraction of sp³-hybridized carbons (Fsp3) is 0.450. The van der Waals surface area contributed by atoms with Crippen LogP contribution in [0.15, 0.2) is 30.6 Å². The first kappa shape index (κ1) is 18.5. The predicted molar refractivity (Wildman–Crippen MR) is 105 cm³/mol. The molecule has 2 aliphatic rings. The zero-order chi connectivity index (χ0) is 19.3. The van der Waals surface area contributed by atoms with Crippen molar-refractivity contribution in [1.29, 1.82) is 0 Å². The van der Waals surface area contributed by atoms with E-state index in [4.69, 9.17) is 9.47 Å². The minimum Gasteiger partial charge on any atom is -0.493 e. The molecule has 1 saturated heterocycles. The van der Waals surface area contributed by atoms with Crippen molar-refractivity contribution in [3.05, 3.63) is 41.7 Å². The van der Waals surface area contributed by atoms with Gasteiger partial charge >= 0.3 is 0 Å². The smallest absolute Gasteiger partial charge is 0.257 e. The predicted octanol–water partition coefficient (Wildman–Crippen LogP) is 0.858. The summed E-state index contributed by atoms with van der Waals surface area (Å²) in [6.07, 6.45) is 4.24. The largest absolute Gasteiger partial charge is 0.493 e. The van der Waals surface area contributed by atoms with E-state index in [-0.39, 0.29) is 12.5 Å². The highest BCUT2D eigenvalue weighted by Gasteiger charge is 2.20. The molecule has 28 heavy (non-hydrogen) atoms. The van der Waals surface area contributed by atoms with Gasteiger partial charge in [0.1, 0.15) is 5.75 Å². The van der Waals surface area contributed by atoms with Crippen LogP contribution in [0.25, 0.3) is 0 Å². The number of anilines is 1. The molecule has 1 fully saturated rings. The fourth-order valence-electron chi connectivity index (χ4n) is 3.44. The van der Waals surface area contributed by atoms with E-state index in [9.17, 15) is 4.79 Å². The molecule has 3 heterocycles. The van der Waals surface area contributed by atoms with Gasteiger partial charge in [-0.15, -0.1) is 0 Å². The van der Waals surface area contributed by atoms with Crippen molar-refractivity contribution < 1.29 is 14.3 Å². The first-order chi connectivity index (χ1) is 13.7. The van der Waals surface area contributed by atoms with Gasteiger partial charge in [0.05, 0.1) is 19.0 Å². The van der Waals surface area contributed by atoms with Crippen LogP contribution in [0.2, 0.25) is 0 Å².